The summed E-state index contributed by atoms with van der Waals surface area (Å²) in [4.78, 5) is 27.7. The van der Waals surface area contributed by atoms with Crippen LogP contribution in [0.4, 0.5) is 20.4 Å². The third kappa shape index (κ3) is 3.39. The van der Waals surface area contributed by atoms with Gasteiger partial charge in [0, 0.05) is 5.69 Å². The number of hydrogen-bond acceptors (Lipinski definition) is 4. The van der Waals surface area contributed by atoms with Gasteiger partial charge in [0.1, 0.15) is 0 Å². The maximum absolute atomic E-state index is 11.8. The summed E-state index contributed by atoms with van der Waals surface area (Å²) in [7, 11) is 0. The minimum absolute atomic E-state index is 0.436. The van der Waals surface area contributed by atoms with Crippen LogP contribution in [0.2, 0.25) is 0 Å². The quantitative estimate of drug-likeness (QED) is 0.675. The Hall–Kier alpha value is -2.93. The molecule has 4 amide bonds. The number of nitrogens with one attached hydrogen (secondary N) is 3. The van der Waals surface area contributed by atoms with E-state index >= 15 is 0 Å². The van der Waals surface area contributed by atoms with E-state index in [0.29, 0.717) is 10.8 Å². The molecule has 0 atom stereocenters. The molecule has 3 aromatic rings. The van der Waals surface area contributed by atoms with Crippen molar-refractivity contribution in [2.75, 3.05) is 10.6 Å². The Morgan fingerprint density at radius 2 is 1.55 bits per heavy atom. The van der Waals surface area contributed by atoms with Crippen LogP contribution in [0.3, 0.4) is 0 Å². The van der Waals surface area contributed by atoms with Gasteiger partial charge in [0.05, 0.1) is 10.2 Å². The molecule has 0 saturated carbocycles. The van der Waals surface area contributed by atoms with Gasteiger partial charge in [0.2, 0.25) is 0 Å². The van der Waals surface area contributed by atoms with Crippen molar-refractivity contribution in [2.45, 2.75) is 0 Å². The molecule has 22 heavy (non-hydrogen) atoms. The molecule has 0 radical (unpaired) electrons. The van der Waals surface area contributed by atoms with Crippen molar-refractivity contribution >= 4 is 44.4 Å². The molecule has 0 aliphatic heterocycles. The molecule has 0 saturated heterocycles. The summed E-state index contributed by atoms with van der Waals surface area (Å²) in [5, 5.41) is 7.73. The van der Waals surface area contributed by atoms with Crippen molar-refractivity contribution in [3.8, 4) is 0 Å². The van der Waals surface area contributed by atoms with Crippen LogP contribution in [0.25, 0.3) is 10.2 Å². The van der Waals surface area contributed by atoms with E-state index in [-0.39, 0.29) is 0 Å². The SMILES string of the molecule is O=C(NC(=O)Nc1nc2ccccc2s1)Nc1ccccc1. The number of urea groups is 2. The smallest absolute Gasteiger partial charge is 0.308 e. The van der Waals surface area contributed by atoms with Crippen molar-refractivity contribution < 1.29 is 9.59 Å². The molecule has 0 unspecified atom stereocenters. The van der Waals surface area contributed by atoms with Crippen LogP contribution in [-0.2, 0) is 0 Å². The lowest BCUT2D eigenvalue weighted by Gasteiger charge is -2.06. The van der Waals surface area contributed by atoms with Gasteiger partial charge in [-0.3, -0.25) is 10.6 Å². The highest BCUT2D eigenvalue weighted by atomic mass is 32.1. The van der Waals surface area contributed by atoms with Crippen LogP contribution >= 0.6 is 11.3 Å². The minimum atomic E-state index is -0.632. The van der Waals surface area contributed by atoms with E-state index in [1.807, 2.05) is 30.3 Å². The lowest BCUT2D eigenvalue weighted by molar-refractivity contribution is 0.240. The van der Waals surface area contributed by atoms with Crippen molar-refractivity contribution in [1.29, 1.82) is 0 Å². The first-order valence-electron chi connectivity index (χ1n) is 6.50. The molecule has 0 fully saturated rings. The van der Waals surface area contributed by atoms with E-state index in [1.54, 1.807) is 24.3 Å². The molecule has 0 spiro atoms. The Bertz CT molecular complexity index is 784. The fourth-order valence-corrected chi connectivity index (χ4v) is 2.70. The normalized spacial score (nSPS) is 10.2. The second-order valence-corrected chi connectivity index (χ2v) is 5.42. The third-order valence-corrected chi connectivity index (χ3v) is 3.72. The van der Waals surface area contributed by atoms with Gasteiger partial charge >= 0.3 is 12.1 Å². The summed E-state index contributed by atoms with van der Waals surface area (Å²) in [6.07, 6.45) is 0. The van der Waals surface area contributed by atoms with Crippen LogP contribution in [-0.4, -0.2) is 17.0 Å². The average molecular weight is 312 g/mol. The fraction of sp³-hybridized carbons (Fsp3) is 0. The molecule has 110 valence electrons. The van der Waals surface area contributed by atoms with E-state index < -0.39 is 12.1 Å². The predicted molar refractivity (Wildman–Crippen MR) is 87.2 cm³/mol. The molecule has 3 N–H and O–H groups in total. The zero-order chi connectivity index (χ0) is 15.4. The average Bonchev–Trinajstić information content (AvgIpc) is 2.89. The van der Waals surface area contributed by atoms with Gasteiger partial charge < -0.3 is 5.32 Å². The second kappa shape index (κ2) is 6.23. The number of anilines is 2. The number of imide groups is 1. The number of fused-ring (bicyclic) bond motifs is 1. The number of thiazole rings is 1. The van der Waals surface area contributed by atoms with Crippen LogP contribution in [0, 0.1) is 0 Å². The van der Waals surface area contributed by atoms with E-state index in [4.69, 9.17) is 0 Å². The lowest BCUT2D eigenvalue weighted by Crippen LogP contribution is -2.37. The monoisotopic (exact) mass is 312 g/mol. The van der Waals surface area contributed by atoms with Crippen LogP contribution in [0.5, 0.6) is 0 Å². The van der Waals surface area contributed by atoms with Gasteiger partial charge in [-0.15, -0.1) is 0 Å². The molecule has 1 heterocycles. The largest absolute Gasteiger partial charge is 0.329 e. The number of para-hydroxylation sites is 2. The molecular weight excluding hydrogens is 300 g/mol. The molecule has 7 heteroatoms. The predicted octanol–water partition coefficient (Wildman–Crippen LogP) is 3.65. The van der Waals surface area contributed by atoms with Gasteiger partial charge in [-0.05, 0) is 24.3 Å². The minimum Gasteiger partial charge on any atom is -0.308 e. The second-order valence-electron chi connectivity index (χ2n) is 4.39. The van der Waals surface area contributed by atoms with Gasteiger partial charge in [0.15, 0.2) is 5.13 Å². The lowest BCUT2D eigenvalue weighted by atomic mass is 10.3. The number of rotatable bonds is 2. The van der Waals surface area contributed by atoms with Gasteiger partial charge in [0.25, 0.3) is 0 Å². The first-order chi connectivity index (χ1) is 10.7. The van der Waals surface area contributed by atoms with Crippen LogP contribution in [0.1, 0.15) is 0 Å². The molecule has 6 nitrogen and oxygen atoms in total. The summed E-state index contributed by atoms with van der Waals surface area (Å²) < 4.78 is 0.964. The molecule has 0 aliphatic carbocycles. The number of nitrogens with zero attached hydrogens (tertiary/aromatic N) is 1. The molecule has 2 aromatic carbocycles. The zero-order valence-electron chi connectivity index (χ0n) is 11.4. The number of hydrogen-bond donors (Lipinski definition) is 3. The summed E-state index contributed by atoms with van der Waals surface area (Å²) in [5.41, 5.74) is 1.41. The first kappa shape index (κ1) is 14.0. The van der Waals surface area contributed by atoms with E-state index in [2.05, 4.69) is 20.9 Å². The Morgan fingerprint density at radius 1 is 0.864 bits per heavy atom. The maximum atomic E-state index is 11.8. The summed E-state index contributed by atoms with van der Waals surface area (Å²) in [6, 6.07) is 15.2. The highest BCUT2D eigenvalue weighted by Gasteiger charge is 2.10. The number of aromatic nitrogens is 1. The van der Waals surface area contributed by atoms with Crippen LogP contribution in [0.15, 0.2) is 54.6 Å². The van der Waals surface area contributed by atoms with Crippen molar-refractivity contribution in [2.24, 2.45) is 0 Å². The Labute approximate surface area is 130 Å². The number of carbonyl (C=O) groups excluding carboxylic acids is 2. The Kier molecular flexibility index (Phi) is 3.97. The Balaban J connectivity index is 1.59. The first-order valence-corrected chi connectivity index (χ1v) is 7.32. The summed E-state index contributed by atoms with van der Waals surface area (Å²) in [5.74, 6) is 0. The number of carbonyl (C=O) groups is 2. The summed E-state index contributed by atoms with van der Waals surface area (Å²) in [6.45, 7) is 0. The van der Waals surface area contributed by atoms with E-state index in [9.17, 15) is 9.59 Å². The molecule has 0 bridgehead atoms. The number of amides is 4. The molecule has 3 rings (SSSR count). The molecule has 1 aromatic heterocycles. The maximum Gasteiger partial charge on any atom is 0.329 e. The van der Waals surface area contributed by atoms with Gasteiger partial charge in [-0.2, -0.15) is 0 Å². The third-order valence-electron chi connectivity index (χ3n) is 2.77. The highest BCUT2D eigenvalue weighted by Crippen LogP contribution is 2.25. The van der Waals surface area contributed by atoms with E-state index in [1.165, 1.54) is 11.3 Å². The summed E-state index contributed by atoms with van der Waals surface area (Å²) >= 11 is 1.34. The van der Waals surface area contributed by atoms with Crippen LogP contribution < -0.4 is 16.0 Å². The zero-order valence-corrected chi connectivity index (χ0v) is 12.2. The van der Waals surface area contributed by atoms with Crippen molar-refractivity contribution in [3.05, 3.63) is 54.6 Å². The fourth-order valence-electron chi connectivity index (χ4n) is 1.84. The highest BCUT2D eigenvalue weighted by molar-refractivity contribution is 7.22. The van der Waals surface area contributed by atoms with Crippen molar-refractivity contribution in [3.63, 3.8) is 0 Å². The topological polar surface area (TPSA) is 83.1 Å². The van der Waals surface area contributed by atoms with Gasteiger partial charge in [-0.1, -0.05) is 41.7 Å². The van der Waals surface area contributed by atoms with Gasteiger partial charge in [-0.25, -0.2) is 14.6 Å². The molecule has 0 aliphatic rings. The number of benzene rings is 2. The Morgan fingerprint density at radius 3 is 2.32 bits per heavy atom. The van der Waals surface area contributed by atoms with Crippen molar-refractivity contribution in [1.82, 2.24) is 10.3 Å². The molecular formula is C15H12N4O2S. The standard InChI is InChI=1S/C15H12N4O2S/c20-13(16-10-6-2-1-3-7-10)18-14(21)19-15-17-11-8-4-5-9-12(11)22-15/h1-9H,(H3,16,17,18,19,20,21). The van der Waals surface area contributed by atoms with E-state index in [0.717, 1.165) is 10.2 Å².